The number of aromatic nitrogens is 2. The van der Waals surface area contributed by atoms with Crippen molar-refractivity contribution in [3.8, 4) is 5.75 Å². The Morgan fingerprint density at radius 1 is 1.32 bits per heavy atom. The van der Waals surface area contributed by atoms with E-state index < -0.39 is 11.2 Å². The van der Waals surface area contributed by atoms with E-state index in [0.717, 1.165) is 0 Å². The Labute approximate surface area is 127 Å². The number of fused-ring (bicyclic) bond motifs is 1. The molecular formula is C15H18FN3O3. The molecule has 0 saturated heterocycles. The fraction of sp³-hybridized carbons (Fsp3) is 0.400. The minimum Gasteiger partial charge on any atom is -0.494 e. The maximum absolute atomic E-state index is 13.7. The molecule has 0 radical (unpaired) electrons. The van der Waals surface area contributed by atoms with E-state index in [9.17, 15) is 9.18 Å². The fourth-order valence-corrected chi connectivity index (χ4v) is 2.01. The number of halogens is 1. The Hall–Kier alpha value is -2.44. The quantitative estimate of drug-likeness (QED) is 0.855. The topological polar surface area (TPSA) is 73.3 Å². The summed E-state index contributed by atoms with van der Waals surface area (Å²) < 4.78 is 23.4. The Kier molecular flexibility index (Phi) is 4.44. The molecule has 0 aliphatic rings. The Bertz CT molecular complexity index is 704. The predicted molar refractivity (Wildman–Crippen MR) is 80.3 cm³/mol. The highest BCUT2D eigenvalue weighted by Gasteiger charge is 2.28. The standard InChI is InChI=1S/C15H18FN3O3/c1-15(2,14(20)22-4)7-17-13-9-5-12(21-3)10(16)6-11(9)18-8-19-13/h5-6,8H,7H2,1-4H3,(H,17,18,19). The third-order valence-corrected chi connectivity index (χ3v) is 3.34. The van der Waals surface area contributed by atoms with Gasteiger partial charge in [-0.2, -0.15) is 0 Å². The van der Waals surface area contributed by atoms with Crippen LogP contribution in [0.25, 0.3) is 10.9 Å². The molecule has 7 heteroatoms. The number of benzene rings is 1. The van der Waals surface area contributed by atoms with Crippen LogP contribution >= 0.6 is 0 Å². The molecule has 1 aromatic heterocycles. The zero-order valence-electron chi connectivity index (χ0n) is 12.9. The summed E-state index contributed by atoms with van der Waals surface area (Å²) in [5.41, 5.74) is -0.275. The van der Waals surface area contributed by atoms with E-state index in [1.165, 1.54) is 32.7 Å². The summed E-state index contributed by atoms with van der Waals surface area (Å²) >= 11 is 0. The van der Waals surface area contributed by atoms with Gasteiger partial charge in [0.05, 0.1) is 25.2 Å². The second-order valence-electron chi connectivity index (χ2n) is 5.46. The number of carbonyl (C=O) groups is 1. The summed E-state index contributed by atoms with van der Waals surface area (Å²) in [4.78, 5) is 19.9. The SMILES string of the molecule is COC(=O)C(C)(C)CNc1ncnc2cc(F)c(OC)cc12. The third kappa shape index (κ3) is 3.08. The average molecular weight is 307 g/mol. The van der Waals surface area contributed by atoms with Gasteiger partial charge in [-0.05, 0) is 19.9 Å². The molecule has 1 heterocycles. The van der Waals surface area contributed by atoms with E-state index in [-0.39, 0.29) is 11.7 Å². The third-order valence-electron chi connectivity index (χ3n) is 3.34. The van der Waals surface area contributed by atoms with Gasteiger partial charge in [-0.1, -0.05) is 0 Å². The van der Waals surface area contributed by atoms with Crippen LogP contribution in [-0.4, -0.2) is 36.7 Å². The number of anilines is 1. The molecule has 0 atom stereocenters. The highest BCUT2D eigenvalue weighted by Crippen LogP contribution is 2.28. The molecule has 1 aromatic carbocycles. The van der Waals surface area contributed by atoms with Crippen molar-refractivity contribution < 1.29 is 18.7 Å². The van der Waals surface area contributed by atoms with Crippen molar-refractivity contribution in [3.05, 3.63) is 24.3 Å². The summed E-state index contributed by atoms with van der Waals surface area (Å²) in [6, 6.07) is 2.81. The predicted octanol–water partition coefficient (Wildman–Crippen LogP) is 2.39. The molecule has 2 aromatic rings. The molecule has 0 bridgehead atoms. The van der Waals surface area contributed by atoms with Crippen molar-refractivity contribution in [2.75, 3.05) is 26.1 Å². The maximum atomic E-state index is 13.7. The number of carbonyl (C=O) groups excluding carboxylic acids is 1. The minimum absolute atomic E-state index is 0.109. The van der Waals surface area contributed by atoms with E-state index >= 15 is 0 Å². The van der Waals surface area contributed by atoms with Crippen LogP contribution in [0.1, 0.15) is 13.8 Å². The highest BCUT2D eigenvalue weighted by atomic mass is 19.1. The van der Waals surface area contributed by atoms with Crippen LogP contribution in [-0.2, 0) is 9.53 Å². The van der Waals surface area contributed by atoms with Gasteiger partial charge in [0, 0.05) is 18.0 Å². The van der Waals surface area contributed by atoms with Crippen LogP contribution in [0.3, 0.4) is 0 Å². The number of nitrogens with one attached hydrogen (secondary N) is 1. The van der Waals surface area contributed by atoms with Gasteiger partial charge < -0.3 is 14.8 Å². The zero-order chi connectivity index (χ0) is 16.3. The molecule has 0 spiro atoms. The van der Waals surface area contributed by atoms with Crippen molar-refractivity contribution in [1.29, 1.82) is 0 Å². The molecule has 1 N–H and O–H groups in total. The minimum atomic E-state index is -0.726. The molecule has 118 valence electrons. The number of nitrogens with zero attached hydrogens (tertiary/aromatic N) is 2. The smallest absolute Gasteiger partial charge is 0.313 e. The fourth-order valence-electron chi connectivity index (χ4n) is 2.01. The number of methoxy groups -OCH3 is 2. The first-order valence-corrected chi connectivity index (χ1v) is 6.69. The van der Waals surface area contributed by atoms with E-state index in [0.29, 0.717) is 23.3 Å². The summed E-state index contributed by atoms with van der Waals surface area (Å²) in [5, 5.41) is 3.70. The van der Waals surface area contributed by atoms with Crippen molar-refractivity contribution in [1.82, 2.24) is 9.97 Å². The molecular weight excluding hydrogens is 289 g/mol. The monoisotopic (exact) mass is 307 g/mol. The summed E-state index contributed by atoms with van der Waals surface area (Å²) in [6.07, 6.45) is 1.34. The second kappa shape index (κ2) is 6.13. The molecule has 0 fully saturated rings. The van der Waals surface area contributed by atoms with Gasteiger partial charge in [-0.3, -0.25) is 4.79 Å². The van der Waals surface area contributed by atoms with Crippen LogP contribution < -0.4 is 10.1 Å². The van der Waals surface area contributed by atoms with Gasteiger partial charge in [0.2, 0.25) is 0 Å². The van der Waals surface area contributed by atoms with Gasteiger partial charge in [0.1, 0.15) is 12.1 Å². The lowest BCUT2D eigenvalue weighted by atomic mass is 9.94. The number of hydrogen-bond acceptors (Lipinski definition) is 6. The molecule has 0 aliphatic heterocycles. The number of hydrogen-bond donors (Lipinski definition) is 1. The van der Waals surface area contributed by atoms with Crippen LogP contribution in [0.15, 0.2) is 18.5 Å². The molecule has 2 rings (SSSR count). The van der Waals surface area contributed by atoms with Gasteiger partial charge in [-0.15, -0.1) is 0 Å². The van der Waals surface area contributed by atoms with Crippen molar-refractivity contribution in [2.45, 2.75) is 13.8 Å². The normalized spacial score (nSPS) is 11.3. The summed E-state index contributed by atoms with van der Waals surface area (Å²) in [7, 11) is 2.74. The first kappa shape index (κ1) is 15.9. The van der Waals surface area contributed by atoms with Crippen molar-refractivity contribution >= 4 is 22.7 Å². The summed E-state index contributed by atoms with van der Waals surface area (Å²) in [6.45, 7) is 3.83. The van der Waals surface area contributed by atoms with E-state index in [1.54, 1.807) is 13.8 Å². The number of esters is 1. The maximum Gasteiger partial charge on any atom is 0.313 e. The lowest BCUT2D eigenvalue weighted by Crippen LogP contribution is -2.33. The van der Waals surface area contributed by atoms with Gasteiger partial charge in [0.15, 0.2) is 11.6 Å². The summed E-state index contributed by atoms with van der Waals surface area (Å²) in [5.74, 6) is -0.214. The molecule has 0 aliphatic carbocycles. The zero-order valence-corrected chi connectivity index (χ0v) is 12.9. The first-order chi connectivity index (χ1) is 10.4. The van der Waals surface area contributed by atoms with Crippen LogP contribution in [0, 0.1) is 11.2 Å². The largest absolute Gasteiger partial charge is 0.494 e. The van der Waals surface area contributed by atoms with Gasteiger partial charge in [-0.25, -0.2) is 14.4 Å². The number of rotatable bonds is 5. The van der Waals surface area contributed by atoms with Crippen LogP contribution in [0.5, 0.6) is 5.75 Å². The molecule has 22 heavy (non-hydrogen) atoms. The van der Waals surface area contributed by atoms with E-state index in [1.807, 2.05) is 0 Å². The number of ether oxygens (including phenoxy) is 2. The second-order valence-corrected chi connectivity index (χ2v) is 5.46. The van der Waals surface area contributed by atoms with Crippen LogP contribution in [0.2, 0.25) is 0 Å². The highest BCUT2D eigenvalue weighted by molar-refractivity contribution is 5.90. The average Bonchev–Trinajstić information content (AvgIpc) is 2.51. The van der Waals surface area contributed by atoms with E-state index in [2.05, 4.69) is 15.3 Å². The lowest BCUT2D eigenvalue weighted by Gasteiger charge is -2.22. The van der Waals surface area contributed by atoms with Crippen molar-refractivity contribution in [2.24, 2.45) is 5.41 Å². The Morgan fingerprint density at radius 2 is 2.05 bits per heavy atom. The van der Waals surface area contributed by atoms with Crippen LogP contribution in [0.4, 0.5) is 10.2 Å². The Morgan fingerprint density at radius 3 is 2.68 bits per heavy atom. The molecule has 0 unspecified atom stereocenters. The molecule has 0 saturated carbocycles. The molecule has 0 amide bonds. The first-order valence-electron chi connectivity index (χ1n) is 6.69. The van der Waals surface area contributed by atoms with Crippen molar-refractivity contribution in [3.63, 3.8) is 0 Å². The Balaban J connectivity index is 2.34. The van der Waals surface area contributed by atoms with Gasteiger partial charge >= 0.3 is 5.97 Å². The van der Waals surface area contributed by atoms with E-state index in [4.69, 9.17) is 9.47 Å². The lowest BCUT2D eigenvalue weighted by molar-refractivity contribution is -0.149. The molecule has 6 nitrogen and oxygen atoms in total. The van der Waals surface area contributed by atoms with Gasteiger partial charge in [0.25, 0.3) is 0 Å².